The van der Waals surface area contributed by atoms with Gasteiger partial charge in [0, 0.05) is 6.04 Å². The van der Waals surface area contributed by atoms with Gasteiger partial charge in [0.25, 0.3) is 0 Å². The Morgan fingerprint density at radius 2 is 1.81 bits per heavy atom. The highest BCUT2D eigenvalue weighted by Crippen LogP contribution is 2.12. The molecule has 0 bridgehead atoms. The topological polar surface area (TPSA) is 66.4 Å². The van der Waals surface area contributed by atoms with E-state index in [0.29, 0.717) is 6.42 Å². The third-order valence-corrected chi connectivity index (χ3v) is 4.69. The Morgan fingerprint density at radius 1 is 1.10 bits per heavy atom. The molecule has 0 saturated heterocycles. The van der Waals surface area contributed by atoms with E-state index in [1.54, 1.807) is 18.2 Å². The fourth-order valence-corrected chi connectivity index (χ4v) is 3.44. The van der Waals surface area contributed by atoms with E-state index in [0.717, 1.165) is 11.1 Å². The lowest BCUT2D eigenvalue weighted by molar-refractivity contribution is 0.256. The van der Waals surface area contributed by atoms with Crippen molar-refractivity contribution in [2.24, 2.45) is 0 Å². The van der Waals surface area contributed by atoms with Crippen molar-refractivity contribution in [1.82, 2.24) is 4.72 Å². The van der Waals surface area contributed by atoms with Gasteiger partial charge in [-0.15, -0.1) is 0 Å². The fourth-order valence-electron chi connectivity index (χ4n) is 2.11. The predicted octanol–water partition coefficient (Wildman–Crippen LogP) is 1.88. The molecule has 5 heteroatoms. The first-order valence-electron chi connectivity index (χ1n) is 6.75. The largest absolute Gasteiger partial charge is 0.395 e. The van der Waals surface area contributed by atoms with E-state index in [2.05, 4.69) is 4.72 Å². The Hall–Kier alpha value is -1.69. The average molecular weight is 305 g/mol. The average Bonchev–Trinajstić information content (AvgIpc) is 2.47. The molecular weight excluding hydrogens is 286 g/mol. The molecule has 0 aliphatic rings. The molecule has 112 valence electrons. The van der Waals surface area contributed by atoms with Crippen molar-refractivity contribution in [2.75, 3.05) is 6.61 Å². The van der Waals surface area contributed by atoms with Crippen LogP contribution >= 0.6 is 0 Å². The maximum Gasteiger partial charge on any atom is 0.240 e. The summed E-state index contributed by atoms with van der Waals surface area (Å²) >= 11 is 0. The van der Waals surface area contributed by atoms with E-state index in [9.17, 15) is 13.5 Å². The smallest absolute Gasteiger partial charge is 0.240 e. The summed E-state index contributed by atoms with van der Waals surface area (Å²) in [5, 5.41) is 9.43. The SMILES string of the molecule is Cc1cccc(S(=O)(=O)N[C@@H](CO)Cc2ccccc2)c1. The van der Waals surface area contributed by atoms with Crippen molar-refractivity contribution >= 4 is 10.0 Å². The summed E-state index contributed by atoms with van der Waals surface area (Å²) in [6.45, 7) is 1.59. The van der Waals surface area contributed by atoms with Gasteiger partial charge in [-0.05, 0) is 36.6 Å². The van der Waals surface area contributed by atoms with Gasteiger partial charge in [-0.1, -0.05) is 42.5 Å². The molecule has 0 aromatic heterocycles. The van der Waals surface area contributed by atoms with Gasteiger partial charge in [-0.3, -0.25) is 0 Å². The van der Waals surface area contributed by atoms with Crippen LogP contribution < -0.4 is 4.72 Å². The molecule has 0 unspecified atom stereocenters. The highest BCUT2D eigenvalue weighted by molar-refractivity contribution is 7.89. The number of sulfonamides is 1. The zero-order valence-corrected chi connectivity index (χ0v) is 12.7. The van der Waals surface area contributed by atoms with Gasteiger partial charge in [0.2, 0.25) is 10.0 Å². The number of aliphatic hydroxyl groups is 1. The van der Waals surface area contributed by atoms with Crippen LogP contribution in [0.25, 0.3) is 0 Å². The normalized spacial score (nSPS) is 13.0. The minimum atomic E-state index is -3.62. The van der Waals surface area contributed by atoms with Gasteiger partial charge in [0.05, 0.1) is 11.5 Å². The number of nitrogens with one attached hydrogen (secondary N) is 1. The summed E-state index contributed by atoms with van der Waals surface area (Å²) < 4.78 is 27.2. The molecule has 2 aromatic carbocycles. The summed E-state index contributed by atoms with van der Waals surface area (Å²) in [6, 6.07) is 15.6. The number of aryl methyl sites for hydroxylation is 1. The van der Waals surface area contributed by atoms with E-state index >= 15 is 0 Å². The first kappa shape index (κ1) is 15.7. The van der Waals surface area contributed by atoms with Crippen LogP contribution in [0.15, 0.2) is 59.5 Å². The quantitative estimate of drug-likeness (QED) is 0.856. The highest BCUT2D eigenvalue weighted by atomic mass is 32.2. The molecule has 0 spiro atoms. The molecule has 0 radical (unpaired) electrons. The van der Waals surface area contributed by atoms with Crippen LogP contribution in [0.5, 0.6) is 0 Å². The molecule has 0 amide bonds. The zero-order valence-electron chi connectivity index (χ0n) is 11.9. The summed E-state index contributed by atoms with van der Waals surface area (Å²) in [4.78, 5) is 0.217. The van der Waals surface area contributed by atoms with Crippen molar-refractivity contribution < 1.29 is 13.5 Å². The Morgan fingerprint density at radius 3 is 2.43 bits per heavy atom. The van der Waals surface area contributed by atoms with Crippen molar-refractivity contribution in [3.05, 3.63) is 65.7 Å². The minimum absolute atomic E-state index is 0.217. The molecule has 2 aromatic rings. The molecule has 1 atom stereocenters. The summed E-state index contributed by atoms with van der Waals surface area (Å²) in [5.74, 6) is 0. The van der Waals surface area contributed by atoms with E-state index in [1.807, 2.05) is 43.3 Å². The van der Waals surface area contributed by atoms with Crippen LogP contribution in [0.1, 0.15) is 11.1 Å². The first-order chi connectivity index (χ1) is 10.0. The molecule has 0 aliphatic heterocycles. The summed E-state index contributed by atoms with van der Waals surface area (Å²) in [5.41, 5.74) is 1.85. The molecule has 0 fully saturated rings. The van der Waals surface area contributed by atoms with Crippen molar-refractivity contribution in [3.8, 4) is 0 Å². The third kappa shape index (κ3) is 4.39. The second-order valence-electron chi connectivity index (χ2n) is 5.01. The maximum absolute atomic E-state index is 12.3. The molecular formula is C16H19NO3S. The fraction of sp³-hybridized carbons (Fsp3) is 0.250. The zero-order chi connectivity index (χ0) is 15.3. The molecule has 2 N–H and O–H groups in total. The van der Waals surface area contributed by atoms with Gasteiger partial charge in [0.15, 0.2) is 0 Å². The van der Waals surface area contributed by atoms with Crippen molar-refractivity contribution in [1.29, 1.82) is 0 Å². The van der Waals surface area contributed by atoms with Crippen molar-refractivity contribution in [2.45, 2.75) is 24.3 Å². The molecule has 0 aliphatic carbocycles. The molecule has 0 heterocycles. The van der Waals surface area contributed by atoms with Crippen LogP contribution in [-0.4, -0.2) is 26.2 Å². The first-order valence-corrected chi connectivity index (χ1v) is 8.23. The van der Waals surface area contributed by atoms with Gasteiger partial charge in [-0.2, -0.15) is 0 Å². The molecule has 0 saturated carbocycles. The van der Waals surface area contributed by atoms with E-state index in [1.165, 1.54) is 0 Å². The molecule has 2 rings (SSSR count). The van der Waals surface area contributed by atoms with Crippen LogP contribution in [0.2, 0.25) is 0 Å². The lowest BCUT2D eigenvalue weighted by Gasteiger charge is -2.16. The van der Waals surface area contributed by atoms with E-state index in [4.69, 9.17) is 0 Å². The standard InChI is InChI=1S/C16H19NO3S/c1-13-6-5-9-16(10-13)21(19,20)17-15(12-18)11-14-7-3-2-4-8-14/h2-10,15,17-18H,11-12H2,1H3/t15-/m1/s1. The van der Waals surface area contributed by atoms with Gasteiger partial charge in [-0.25, -0.2) is 13.1 Å². The Bertz CT molecular complexity index is 684. The Balaban J connectivity index is 2.14. The number of rotatable bonds is 6. The Kier molecular flexibility index (Phi) is 5.12. The maximum atomic E-state index is 12.3. The number of hydrogen-bond donors (Lipinski definition) is 2. The monoisotopic (exact) mass is 305 g/mol. The number of aliphatic hydroxyl groups excluding tert-OH is 1. The summed E-state index contributed by atoms with van der Waals surface area (Å²) in [7, 11) is -3.62. The lowest BCUT2D eigenvalue weighted by atomic mass is 10.1. The van der Waals surface area contributed by atoms with Crippen LogP contribution in [0.3, 0.4) is 0 Å². The predicted molar refractivity (Wildman–Crippen MR) is 82.5 cm³/mol. The van der Waals surface area contributed by atoms with Gasteiger partial charge < -0.3 is 5.11 Å². The van der Waals surface area contributed by atoms with Gasteiger partial charge in [0.1, 0.15) is 0 Å². The second-order valence-corrected chi connectivity index (χ2v) is 6.72. The van der Waals surface area contributed by atoms with Crippen molar-refractivity contribution in [3.63, 3.8) is 0 Å². The van der Waals surface area contributed by atoms with Crippen LogP contribution in [0.4, 0.5) is 0 Å². The molecule has 4 nitrogen and oxygen atoms in total. The number of hydrogen-bond acceptors (Lipinski definition) is 3. The highest BCUT2D eigenvalue weighted by Gasteiger charge is 2.19. The second kappa shape index (κ2) is 6.85. The van der Waals surface area contributed by atoms with E-state index in [-0.39, 0.29) is 11.5 Å². The summed E-state index contributed by atoms with van der Waals surface area (Å²) in [6.07, 6.45) is 0.447. The third-order valence-electron chi connectivity index (χ3n) is 3.17. The van der Waals surface area contributed by atoms with Crippen LogP contribution in [-0.2, 0) is 16.4 Å². The lowest BCUT2D eigenvalue weighted by Crippen LogP contribution is -2.39. The molecule has 21 heavy (non-hydrogen) atoms. The van der Waals surface area contributed by atoms with Crippen LogP contribution in [0, 0.1) is 6.92 Å². The number of benzene rings is 2. The van der Waals surface area contributed by atoms with Gasteiger partial charge >= 0.3 is 0 Å². The minimum Gasteiger partial charge on any atom is -0.395 e. The van der Waals surface area contributed by atoms with E-state index < -0.39 is 16.1 Å². The Labute approximate surface area is 125 Å².